The van der Waals surface area contributed by atoms with Crippen LogP contribution in [0.4, 0.5) is 0 Å². The summed E-state index contributed by atoms with van der Waals surface area (Å²) in [5.74, 6) is -0.178. The minimum Gasteiger partial charge on any atom is -0.465 e. The van der Waals surface area contributed by atoms with Crippen LogP contribution in [0.15, 0.2) is 30.3 Å². The van der Waals surface area contributed by atoms with E-state index in [2.05, 4.69) is 5.59 Å². The number of hydrogen-bond acceptors (Lipinski definition) is 5. The van der Waals surface area contributed by atoms with Crippen molar-refractivity contribution in [3.63, 3.8) is 0 Å². The highest BCUT2D eigenvalue weighted by Gasteiger charge is 2.30. The lowest BCUT2D eigenvalue weighted by Gasteiger charge is -2.33. The summed E-state index contributed by atoms with van der Waals surface area (Å²) in [6.45, 7) is 3.49. The molecule has 1 aliphatic rings. The van der Waals surface area contributed by atoms with Crippen LogP contribution < -0.4 is 5.59 Å². The quantitative estimate of drug-likeness (QED) is 0.637. The molecule has 0 radical (unpaired) electrons. The Hall–Kier alpha value is -1.43. The van der Waals surface area contributed by atoms with Crippen molar-refractivity contribution in [1.82, 2.24) is 10.6 Å². The highest BCUT2D eigenvalue weighted by atomic mass is 16.7. The molecule has 1 unspecified atom stereocenters. The third-order valence-electron chi connectivity index (χ3n) is 3.32. The van der Waals surface area contributed by atoms with Crippen LogP contribution in [-0.4, -0.2) is 30.2 Å². The van der Waals surface area contributed by atoms with Crippen molar-refractivity contribution in [3.8, 4) is 0 Å². The molecule has 5 nitrogen and oxygen atoms in total. The van der Waals surface area contributed by atoms with Gasteiger partial charge in [0, 0.05) is 6.54 Å². The van der Waals surface area contributed by atoms with Crippen molar-refractivity contribution in [2.75, 3.05) is 13.2 Å². The maximum Gasteiger partial charge on any atom is 0.324 e. The van der Waals surface area contributed by atoms with Crippen molar-refractivity contribution < 1.29 is 14.4 Å². The van der Waals surface area contributed by atoms with Crippen molar-refractivity contribution in [2.45, 2.75) is 38.8 Å². The molecule has 0 saturated carbocycles. The molecule has 2 rings (SSSR count). The summed E-state index contributed by atoms with van der Waals surface area (Å²) in [5.41, 5.74) is 3.98. The van der Waals surface area contributed by atoms with Crippen LogP contribution in [0, 0.1) is 0 Å². The molecule has 1 saturated heterocycles. The van der Waals surface area contributed by atoms with Crippen LogP contribution in [-0.2, 0) is 21.0 Å². The van der Waals surface area contributed by atoms with Gasteiger partial charge in [0.2, 0.25) is 0 Å². The zero-order chi connectivity index (χ0) is 14.2. The maximum absolute atomic E-state index is 11.9. The molecule has 20 heavy (non-hydrogen) atoms. The summed E-state index contributed by atoms with van der Waals surface area (Å²) in [7, 11) is 0. The first-order chi connectivity index (χ1) is 9.81. The second-order valence-corrected chi connectivity index (χ2v) is 4.82. The molecule has 1 N–H and O–H groups in total. The third-order valence-corrected chi connectivity index (χ3v) is 3.32. The van der Waals surface area contributed by atoms with Crippen molar-refractivity contribution >= 4 is 5.97 Å². The number of hydrogen-bond donors (Lipinski definition) is 1. The number of nitrogens with one attached hydrogen (secondary N) is 1. The van der Waals surface area contributed by atoms with Crippen LogP contribution in [0.3, 0.4) is 0 Å². The minimum absolute atomic E-state index is 0.178. The molecule has 110 valence electrons. The molecule has 0 amide bonds. The summed E-state index contributed by atoms with van der Waals surface area (Å²) in [4.78, 5) is 17.4. The molecule has 0 aromatic heterocycles. The van der Waals surface area contributed by atoms with Gasteiger partial charge in [-0.15, -0.1) is 5.59 Å². The molecular weight excluding hydrogens is 256 g/mol. The SMILES string of the molecule is CCOC(=O)C1CCCCN1NOCc1ccccc1. The number of piperidine rings is 1. The Labute approximate surface area is 119 Å². The monoisotopic (exact) mass is 278 g/mol. The molecule has 0 aliphatic carbocycles. The fraction of sp³-hybridized carbons (Fsp3) is 0.533. The van der Waals surface area contributed by atoms with Gasteiger partial charge in [0.25, 0.3) is 0 Å². The molecule has 1 heterocycles. The molecule has 1 aliphatic heterocycles. The number of carbonyl (C=O) groups is 1. The predicted octanol–water partition coefficient (Wildman–Crippen LogP) is 2.04. The Bertz CT molecular complexity index is 411. The first-order valence-electron chi connectivity index (χ1n) is 7.16. The number of rotatable bonds is 6. The Balaban J connectivity index is 1.81. The Kier molecular flexibility index (Phi) is 5.98. The molecule has 0 spiro atoms. The summed E-state index contributed by atoms with van der Waals surface area (Å²) in [5, 5.41) is 1.84. The van der Waals surface area contributed by atoms with Gasteiger partial charge in [0.15, 0.2) is 0 Å². The van der Waals surface area contributed by atoms with E-state index < -0.39 is 0 Å². The van der Waals surface area contributed by atoms with Gasteiger partial charge in [-0.3, -0.25) is 9.63 Å². The maximum atomic E-state index is 11.9. The number of benzene rings is 1. The molecule has 1 atom stereocenters. The molecule has 1 fully saturated rings. The second-order valence-electron chi connectivity index (χ2n) is 4.82. The van der Waals surface area contributed by atoms with Gasteiger partial charge < -0.3 is 4.74 Å². The van der Waals surface area contributed by atoms with E-state index in [4.69, 9.17) is 9.57 Å². The van der Waals surface area contributed by atoms with Crippen LogP contribution >= 0.6 is 0 Å². The normalized spacial score (nSPS) is 19.8. The van der Waals surface area contributed by atoms with Crippen molar-refractivity contribution in [2.24, 2.45) is 0 Å². The van der Waals surface area contributed by atoms with E-state index in [0.29, 0.717) is 13.2 Å². The number of ether oxygens (including phenoxy) is 1. The van der Waals surface area contributed by atoms with Crippen molar-refractivity contribution in [1.29, 1.82) is 0 Å². The number of carbonyl (C=O) groups excluding carboxylic acids is 1. The smallest absolute Gasteiger partial charge is 0.324 e. The highest BCUT2D eigenvalue weighted by molar-refractivity contribution is 5.75. The van der Waals surface area contributed by atoms with E-state index in [1.165, 1.54) is 0 Å². The van der Waals surface area contributed by atoms with Gasteiger partial charge in [-0.1, -0.05) is 30.3 Å². The Morgan fingerprint density at radius 2 is 2.15 bits per heavy atom. The molecule has 0 bridgehead atoms. The van der Waals surface area contributed by atoms with Crippen LogP contribution in [0.1, 0.15) is 31.7 Å². The van der Waals surface area contributed by atoms with Gasteiger partial charge in [-0.2, -0.15) is 0 Å². The summed E-state index contributed by atoms with van der Waals surface area (Å²) in [6.07, 6.45) is 2.90. The molecular formula is C15H22N2O3. The predicted molar refractivity (Wildman–Crippen MR) is 75.3 cm³/mol. The topological polar surface area (TPSA) is 50.8 Å². The van der Waals surface area contributed by atoms with Crippen LogP contribution in [0.25, 0.3) is 0 Å². The van der Waals surface area contributed by atoms with Gasteiger partial charge in [0.1, 0.15) is 6.04 Å². The fourth-order valence-corrected chi connectivity index (χ4v) is 2.30. The zero-order valence-electron chi connectivity index (χ0n) is 11.9. The average Bonchev–Trinajstić information content (AvgIpc) is 2.49. The van der Waals surface area contributed by atoms with E-state index in [9.17, 15) is 4.79 Å². The first kappa shape index (κ1) is 15.0. The summed E-state index contributed by atoms with van der Waals surface area (Å²) in [6, 6.07) is 9.67. The highest BCUT2D eigenvalue weighted by Crippen LogP contribution is 2.16. The van der Waals surface area contributed by atoms with Gasteiger partial charge in [-0.05, 0) is 31.7 Å². The zero-order valence-corrected chi connectivity index (χ0v) is 11.9. The number of hydrazine groups is 1. The molecule has 5 heteroatoms. The summed E-state index contributed by atoms with van der Waals surface area (Å²) >= 11 is 0. The first-order valence-corrected chi connectivity index (χ1v) is 7.16. The molecule has 1 aromatic carbocycles. The molecule has 1 aromatic rings. The van der Waals surface area contributed by atoms with Crippen LogP contribution in [0.2, 0.25) is 0 Å². The van der Waals surface area contributed by atoms with E-state index in [1.807, 2.05) is 42.3 Å². The number of esters is 1. The average molecular weight is 278 g/mol. The Morgan fingerprint density at radius 1 is 1.35 bits per heavy atom. The summed E-state index contributed by atoms with van der Waals surface area (Å²) < 4.78 is 5.10. The van der Waals surface area contributed by atoms with E-state index in [0.717, 1.165) is 31.4 Å². The van der Waals surface area contributed by atoms with Gasteiger partial charge in [0.05, 0.1) is 13.2 Å². The second kappa shape index (κ2) is 7.99. The van der Waals surface area contributed by atoms with E-state index in [-0.39, 0.29) is 12.0 Å². The minimum atomic E-state index is -0.250. The van der Waals surface area contributed by atoms with Crippen LogP contribution in [0.5, 0.6) is 0 Å². The standard InChI is InChI=1S/C15H22N2O3/c1-2-19-15(18)14-10-6-7-11-17(14)16-20-12-13-8-4-3-5-9-13/h3-5,8-9,14,16H,2,6-7,10-12H2,1H3. The van der Waals surface area contributed by atoms with Gasteiger partial charge in [-0.25, -0.2) is 5.01 Å². The van der Waals surface area contributed by atoms with Crippen molar-refractivity contribution in [3.05, 3.63) is 35.9 Å². The lowest BCUT2D eigenvalue weighted by atomic mass is 10.0. The lowest BCUT2D eigenvalue weighted by Crippen LogP contribution is -2.52. The third kappa shape index (κ3) is 4.30. The van der Waals surface area contributed by atoms with E-state index >= 15 is 0 Å². The Morgan fingerprint density at radius 3 is 2.90 bits per heavy atom. The number of nitrogens with zero attached hydrogens (tertiary/aromatic N) is 1. The van der Waals surface area contributed by atoms with E-state index in [1.54, 1.807) is 0 Å². The largest absolute Gasteiger partial charge is 0.465 e. The van der Waals surface area contributed by atoms with Gasteiger partial charge >= 0.3 is 5.97 Å². The lowest BCUT2D eigenvalue weighted by molar-refractivity contribution is -0.167. The fourth-order valence-electron chi connectivity index (χ4n) is 2.30.